The topological polar surface area (TPSA) is 83.7 Å². The van der Waals surface area contributed by atoms with Crippen LogP contribution in [0.15, 0.2) is 50.9 Å². The molecule has 7 heteroatoms. The van der Waals surface area contributed by atoms with E-state index in [1.54, 1.807) is 30.5 Å². The molecule has 3 rings (SSSR count). The zero-order valence-electron chi connectivity index (χ0n) is 11.5. The van der Waals surface area contributed by atoms with E-state index in [-0.39, 0.29) is 17.4 Å². The minimum Gasteiger partial charge on any atom is -0.467 e. The van der Waals surface area contributed by atoms with E-state index in [1.165, 1.54) is 0 Å². The van der Waals surface area contributed by atoms with E-state index < -0.39 is 10.0 Å². The normalized spacial score (nSPS) is 17.9. The third-order valence-corrected chi connectivity index (χ3v) is 4.58. The fourth-order valence-electron chi connectivity index (χ4n) is 2.08. The quantitative estimate of drug-likeness (QED) is 0.909. The predicted octanol–water partition coefficient (Wildman–Crippen LogP) is 2.10. The van der Waals surface area contributed by atoms with Gasteiger partial charge in [0.15, 0.2) is 0 Å². The van der Waals surface area contributed by atoms with E-state index in [2.05, 4.69) is 15.0 Å². The lowest BCUT2D eigenvalue weighted by Gasteiger charge is -2.21. The molecule has 0 fully saturated rings. The molecule has 2 N–H and O–H groups in total. The summed E-state index contributed by atoms with van der Waals surface area (Å²) >= 11 is 0. The molecule has 1 aromatic carbocycles. The molecule has 0 unspecified atom stereocenters. The van der Waals surface area contributed by atoms with Crippen molar-refractivity contribution >= 4 is 21.7 Å². The fraction of sp³-hybridized carbons (Fsp3) is 0.214. The lowest BCUT2D eigenvalue weighted by atomic mass is 10.1. The van der Waals surface area contributed by atoms with Gasteiger partial charge in [-0.25, -0.2) is 18.1 Å². The van der Waals surface area contributed by atoms with Gasteiger partial charge in [0.05, 0.1) is 12.0 Å². The number of sulfonamides is 1. The molecule has 0 saturated carbocycles. The van der Waals surface area contributed by atoms with Crippen molar-refractivity contribution in [2.24, 2.45) is 4.99 Å². The van der Waals surface area contributed by atoms with E-state index in [0.717, 1.165) is 12.0 Å². The molecule has 0 aliphatic carbocycles. The van der Waals surface area contributed by atoms with E-state index >= 15 is 0 Å². The first kappa shape index (κ1) is 13.7. The van der Waals surface area contributed by atoms with Gasteiger partial charge in [-0.3, -0.25) is 0 Å². The molecule has 0 spiro atoms. The van der Waals surface area contributed by atoms with Gasteiger partial charge in [0.2, 0.25) is 5.96 Å². The molecule has 0 atom stereocenters. The Morgan fingerprint density at radius 2 is 2.14 bits per heavy atom. The summed E-state index contributed by atoms with van der Waals surface area (Å²) in [5.74, 6) is 0.860. The van der Waals surface area contributed by atoms with Crippen molar-refractivity contribution < 1.29 is 12.8 Å². The van der Waals surface area contributed by atoms with Gasteiger partial charge in [-0.1, -0.05) is 13.0 Å². The molecule has 2 heterocycles. The number of aliphatic imine (C=N–C) groups is 1. The summed E-state index contributed by atoms with van der Waals surface area (Å²) in [4.78, 5) is 4.43. The molecule has 2 aromatic rings. The summed E-state index contributed by atoms with van der Waals surface area (Å²) in [6.07, 6.45) is 2.33. The first-order valence-electron chi connectivity index (χ1n) is 6.58. The predicted molar refractivity (Wildman–Crippen MR) is 79.6 cm³/mol. The van der Waals surface area contributed by atoms with E-state index in [4.69, 9.17) is 4.42 Å². The number of guanidine groups is 1. The number of aryl methyl sites for hydroxylation is 1. The largest absolute Gasteiger partial charge is 0.467 e. The van der Waals surface area contributed by atoms with Gasteiger partial charge in [0.1, 0.15) is 17.2 Å². The Bertz CT molecular complexity index is 780. The minimum absolute atomic E-state index is 0.197. The Labute approximate surface area is 122 Å². The Kier molecular flexibility index (Phi) is 3.42. The average Bonchev–Trinajstić information content (AvgIpc) is 2.97. The first-order chi connectivity index (χ1) is 10.1. The Morgan fingerprint density at radius 1 is 1.29 bits per heavy atom. The van der Waals surface area contributed by atoms with Crippen LogP contribution in [0.3, 0.4) is 0 Å². The maximum absolute atomic E-state index is 12.3. The zero-order valence-corrected chi connectivity index (χ0v) is 12.3. The molecule has 110 valence electrons. The highest BCUT2D eigenvalue weighted by atomic mass is 32.2. The number of benzene rings is 1. The van der Waals surface area contributed by atoms with Crippen LogP contribution in [0.25, 0.3) is 0 Å². The molecule has 0 bridgehead atoms. The van der Waals surface area contributed by atoms with Gasteiger partial charge in [-0.05, 0) is 36.2 Å². The molecular formula is C14H15N3O3S. The van der Waals surface area contributed by atoms with Crippen LogP contribution in [0.5, 0.6) is 0 Å². The molecule has 1 aliphatic heterocycles. The summed E-state index contributed by atoms with van der Waals surface area (Å²) in [6, 6.07) is 8.87. The van der Waals surface area contributed by atoms with Crippen LogP contribution >= 0.6 is 0 Å². The highest BCUT2D eigenvalue weighted by Crippen LogP contribution is 2.26. The summed E-state index contributed by atoms with van der Waals surface area (Å²) in [7, 11) is -3.59. The average molecular weight is 305 g/mol. The van der Waals surface area contributed by atoms with Crippen molar-refractivity contribution in [3.63, 3.8) is 0 Å². The second-order valence-corrected chi connectivity index (χ2v) is 6.31. The molecular weight excluding hydrogens is 290 g/mol. The molecule has 0 saturated heterocycles. The highest BCUT2D eigenvalue weighted by molar-refractivity contribution is 7.90. The van der Waals surface area contributed by atoms with E-state index in [1.807, 2.05) is 13.0 Å². The Balaban J connectivity index is 1.91. The van der Waals surface area contributed by atoms with Crippen molar-refractivity contribution in [3.05, 3.63) is 47.9 Å². The zero-order chi connectivity index (χ0) is 14.9. The number of furan rings is 1. The maximum atomic E-state index is 12.3. The van der Waals surface area contributed by atoms with Crippen molar-refractivity contribution in [2.45, 2.75) is 24.8 Å². The number of anilines is 1. The molecule has 1 aliphatic rings. The molecule has 21 heavy (non-hydrogen) atoms. The van der Waals surface area contributed by atoms with Crippen LogP contribution in [0, 0.1) is 0 Å². The lowest BCUT2D eigenvalue weighted by molar-refractivity contribution is 0.512. The van der Waals surface area contributed by atoms with Gasteiger partial charge < -0.3 is 9.73 Å². The van der Waals surface area contributed by atoms with Gasteiger partial charge in [0.25, 0.3) is 10.0 Å². The Morgan fingerprint density at radius 3 is 2.86 bits per heavy atom. The number of hydrogen-bond donors (Lipinski definition) is 2. The van der Waals surface area contributed by atoms with Crippen molar-refractivity contribution in [3.8, 4) is 0 Å². The Hall–Kier alpha value is -2.28. The smallest absolute Gasteiger partial charge is 0.266 e. The van der Waals surface area contributed by atoms with Crippen molar-refractivity contribution in [1.29, 1.82) is 0 Å². The SMILES string of the molecule is CCc1ccc2c(c1)S(=O)(=O)NC(=NCc1ccco1)N2. The van der Waals surface area contributed by atoms with Crippen LogP contribution in [0.4, 0.5) is 5.69 Å². The standard InChI is InChI=1S/C14H15N3O3S/c1-2-10-5-6-12-13(8-10)21(18,19)17-14(16-12)15-9-11-4-3-7-20-11/h3-8H,2,9H2,1H3,(H2,15,16,17). The second-order valence-electron chi connectivity index (χ2n) is 4.66. The molecule has 0 amide bonds. The fourth-order valence-corrected chi connectivity index (χ4v) is 3.27. The van der Waals surface area contributed by atoms with E-state index in [9.17, 15) is 8.42 Å². The molecule has 1 aromatic heterocycles. The monoisotopic (exact) mass is 305 g/mol. The number of nitrogens with one attached hydrogen (secondary N) is 2. The molecule has 6 nitrogen and oxygen atoms in total. The summed E-state index contributed by atoms with van der Waals surface area (Å²) in [5.41, 5.74) is 1.50. The van der Waals surface area contributed by atoms with Gasteiger partial charge in [-0.15, -0.1) is 0 Å². The summed E-state index contributed by atoms with van der Waals surface area (Å²) < 4.78 is 32.1. The van der Waals surface area contributed by atoms with Gasteiger partial charge in [0, 0.05) is 0 Å². The van der Waals surface area contributed by atoms with Crippen LogP contribution in [0.1, 0.15) is 18.2 Å². The van der Waals surface area contributed by atoms with E-state index in [0.29, 0.717) is 11.4 Å². The van der Waals surface area contributed by atoms with Crippen LogP contribution in [0.2, 0.25) is 0 Å². The highest BCUT2D eigenvalue weighted by Gasteiger charge is 2.26. The van der Waals surface area contributed by atoms with Gasteiger partial charge >= 0.3 is 0 Å². The van der Waals surface area contributed by atoms with Gasteiger partial charge in [-0.2, -0.15) is 0 Å². The number of rotatable bonds is 3. The lowest BCUT2D eigenvalue weighted by Crippen LogP contribution is -2.40. The van der Waals surface area contributed by atoms with Crippen molar-refractivity contribution in [1.82, 2.24) is 4.72 Å². The third kappa shape index (κ3) is 2.78. The van der Waals surface area contributed by atoms with Crippen LogP contribution in [-0.2, 0) is 23.0 Å². The maximum Gasteiger partial charge on any atom is 0.266 e. The molecule has 0 radical (unpaired) electrons. The van der Waals surface area contributed by atoms with Crippen molar-refractivity contribution in [2.75, 3.05) is 5.32 Å². The van der Waals surface area contributed by atoms with Crippen LogP contribution < -0.4 is 10.0 Å². The number of fused-ring (bicyclic) bond motifs is 1. The summed E-state index contributed by atoms with van der Waals surface area (Å²) in [5, 5.41) is 2.98. The second kappa shape index (κ2) is 5.25. The first-order valence-corrected chi connectivity index (χ1v) is 8.06. The minimum atomic E-state index is -3.59. The van der Waals surface area contributed by atoms with Crippen LogP contribution in [-0.4, -0.2) is 14.4 Å². The third-order valence-electron chi connectivity index (χ3n) is 3.20. The summed E-state index contributed by atoms with van der Waals surface area (Å²) in [6.45, 7) is 2.24. The number of hydrogen-bond acceptors (Lipinski definition) is 4. The number of nitrogens with zero attached hydrogens (tertiary/aromatic N) is 1.